The van der Waals surface area contributed by atoms with E-state index in [-0.39, 0.29) is 5.91 Å². The summed E-state index contributed by atoms with van der Waals surface area (Å²) in [5.41, 5.74) is 3.98. The number of benzene rings is 1. The number of rotatable bonds is 4. The second-order valence-corrected chi connectivity index (χ2v) is 6.93. The fraction of sp³-hybridized carbons (Fsp3) is 0.211. The van der Waals surface area contributed by atoms with E-state index in [2.05, 4.69) is 20.7 Å². The van der Waals surface area contributed by atoms with Gasteiger partial charge in [-0.1, -0.05) is 23.7 Å². The Kier molecular flexibility index (Phi) is 4.45. The van der Waals surface area contributed by atoms with E-state index in [9.17, 15) is 4.79 Å². The molecule has 0 fully saturated rings. The number of nitrogens with zero attached hydrogens (tertiary/aromatic N) is 4. The molecule has 1 aromatic carbocycles. The van der Waals surface area contributed by atoms with Crippen molar-refractivity contribution in [2.45, 2.75) is 6.42 Å². The van der Waals surface area contributed by atoms with Gasteiger partial charge in [-0.2, -0.15) is 5.10 Å². The summed E-state index contributed by atoms with van der Waals surface area (Å²) in [5, 5.41) is 11.1. The van der Waals surface area contributed by atoms with Crippen LogP contribution in [0.25, 0.3) is 0 Å². The molecule has 138 valence electrons. The minimum Gasteiger partial charge on any atom is -0.353 e. The van der Waals surface area contributed by atoms with Gasteiger partial charge >= 0.3 is 0 Å². The topological polar surface area (TPSA) is 75.1 Å². The highest BCUT2D eigenvalue weighted by atomic mass is 35.5. The summed E-state index contributed by atoms with van der Waals surface area (Å²) < 4.78 is 1.70. The molecule has 0 radical (unpaired) electrons. The van der Waals surface area contributed by atoms with E-state index in [4.69, 9.17) is 11.6 Å². The Bertz CT molecular complexity index is 1020. The van der Waals surface area contributed by atoms with Gasteiger partial charge in [-0.15, -0.1) is 0 Å². The number of halogens is 1. The van der Waals surface area contributed by atoms with Crippen LogP contribution in [0.15, 0.2) is 42.9 Å². The summed E-state index contributed by atoms with van der Waals surface area (Å²) in [5.74, 6) is 0.640. The van der Waals surface area contributed by atoms with Crippen molar-refractivity contribution in [2.75, 3.05) is 24.2 Å². The van der Waals surface area contributed by atoms with E-state index in [0.717, 1.165) is 29.9 Å². The molecule has 0 atom stereocenters. The van der Waals surface area contributed by atoms with Crippen LogP contribution in [0.5, 0.6) is 0 Å². The van der Waals surface area contributed by atoms with Gasteiger partial charge < -0.3 is 15.5 Å². The second-order valence-electron chi connectivity index (χ2n) is 6.52. The molecule has 27 heavy (non-hydrogen) atoms. The summed E-state index contributed by atoms with van der Waals surface area (Å²) in [6.07, 6.45) is 5.98. The Balaban J connectivity index is 1.65. The molecule has 1 amide bonds. The van der Waals surface area contributed by atoms with Gasteiger partial charge in [0.15, 0.2) is 0 Å². The van der Waals surface area contributed by atoms with E-state index < -0.39 is 0 Å². The van der Waals surface area contributed by atoms with E-state index >= 15 is 0 Å². The molecule has 4 rings (SSSR count). The smallest absolute Gasteiger partial charge is 0.255 e. The number of likely N-dealkylation sites (N-methyl/N-ethyl adjacent to an activating group) is 1. The zero-order chi connectivity index (χ0) is 19.0. The van der Waals surface area contributed by atoms with Crippen LogP contribution >= 0.6 is 11.6 Å². The highest BCUT2D eigenvalue weighted by molar-refractivity contribution is 6.33. The minimum atomic E-state index is 0.0123. The third kappa shape index (κ3) is 3.46. The zero-order valence-corrected chi connectivity index (χ0v) is 15.8. The molecule has 1 aliphatic heterocycles. The largest absolute Gasteiger partial charge is 0.353 e. The Morgan fingerprint density at radius 1 is 1.15 bits per heavy atom. The van der Waals surface area contributed by atoms with Gasteiger partial charge in [0.25, 0.3) is 5.91 Å². The van der Waals surface area contributed by atoms with Crippen LogP contribution in [0.3, 0.4) is 0 Å². The quantitative estimate of drug-likeness (QED) is 0.721. The Morgan fingerprint density at radius 3 is 2.78 bits per heavy atom. The molecule has 8 heteroatoms. The first kappa shape index (κ1) is 17.4. The number of pyridine rings is 1. The third-order valence-electron chi connectivity index (χ3n) is 4.53. The second kappa shape index (κ2) is 6.92. The molecule has 0 unspecified atom stereocenters. The molecule has 0 saturated carbocycles. The number of hydrogen-bond acceptors (Lipinski definition) is 5. The number of fused-ring (bicyclic) bond motifs is 1. The summed E-state index contributed by atoms with van der Waals surface area (Å²) >= 11 is 6.34. The highest BCUT2D eigenvalue weighted by Gasteiger charge is 2.24. The number of carbonyl (C=O) groups is 1. The SMILES string of the molecule is CN1CCc2cccc(Nc3cc(Nc4cnn(C)c4)ncc3Cl)c2C1=O. The van der Waals surface area contributed by atoms with Crippen LogP contribution in [-0.4, -0.2) is 39.2 Å². The Morgan fingerprint density at radius 2 is 2.00 bits per heavy atom. The standard InChI is InChI=1S/C19H19ClN6O/c1-25-7-6-12-4-3-5-15(18(12)19(25)27)24-16-8-17(21-10-14(16)20)23-13-9-22-26(2)11-13/h3-5,8-11H,6-7H2,1-2H3,(H2,21,23,24). The number of hydrogen-bond donors (Lipinski definition) is 2. The lowest BCUT2D eigenvalue weighted by Crippen LogP contribution is -2.34. The number of carbonyl (C=O) groups excluding carboxylic acids is 1. The first-order valence-corrected chi connectivity index (χ1v) is 8.94. The normalized spacial score (nSPS) is 13.4. The van der Waals surface area contributed by atoms with Gasteiger partial charge in [0.1, 0.15) is 5.82 Å². The third-order valence-corrected chi connectivity index (χ3v) is 4.83. The van der Waals surface area contributed by atoms with Gasteiger partial charge in [0.2, 0.25) is 0 Å². The van der Waals surface area contributed by atoms with Crippen LogP contribution < -0.4 is 10.6 Å². The van der Waals surface area contributed by atoms with Gasteiger partial charge in [-0.05, 0) is 18.1 Å². The number of anilines is 4. The molecule has 0 aliphatic carbocycles. The number of aryl methyl sites for hydroxylation is 1. The molecule has 3 heterocycles. The summed E-state index contributed by atoms with van der Waals surface area (Å²) in [6, 6.07) is 7.64. The van der Waals surface area contributed by atoms with Crippen molar-refractivity contribution in [1.82, 2.24) is 19.7 Å². The maximum Gasteiger partial charge on any atom is 0.255 e. The van der Waals surface area contributed by atoms with Crippen LogP contribution in [0.4, 0.5) is 22.9 Å². The van der Waals surface area contributed by atoms with Crippen molar-refractivity contribution in [3.05, 3.63) is 59.0 Å². The monoisotopic (exact) mass is 382 g/mol. The lowest BCUT2D eigenvalue weighted by molar-refractivity contribution is 0.0782. The van der Waals surface area contributed by atoms with Crippen molar-refractivity contribution in [1.29, 1.82) is 0 Å². The molecule has 0 spiro atoms. The maximum absolute atomic E-state index is 12.6. The molecule has 0 saturated heterocycles. The molecule has 0 bridgehead atoms. The van der Waals surface area contributed by atoms with Crippen LogP contribution in [0.1, 0.15) is 15.9 Å². The van der Waals surface area contributed by atoms with Crippen molar-refractivity contribution < 1.29 is 4.79 Å². The average Bonchev–Trinajstić information content (AvgIpc) is 3.06. The molecule has 2 N–H and O–H groups in total. The van der Waals surface area contributed by atoms with Crippen molar-refractivity contribution in [2.24, 2.45) is 7.05 Å². The number of amides is 1. The molecule has 7 nitrogen and oxygen atoms in total. The Hall–Kier alpha value is -3.06. The first-order valence-electron chi connectivity index (χ1n) is 8.57. The van der Waals surface area contributed by atoms with E-state index in [1.165, 1.54) is 0 Å². The lowest BCUT2D eigenvalue weighted by atomic mass is 9.97. The lowest BCUT2D eigenvalue weighted by Gasteiger charge is -2.27. The summed E-state index contributed by atoms with van der Waals surface area (Å²) in [4.78, 5) is 18.7. The van der Waals surface area contributed by atoms with E-state index in [0.29, 0.717) is 22.1 Å². The van der Waals surface area contributed by atoms with E-state index in [1.807, 2.05) is 44.6 Å². The van der Waals surface area contributed by atoms with Crippen LogP contribution in [-0.2, 0) is 13.5 Å². The summed E-state index contributed by atoms with van der Waals surface area (Å²) in [7, 11) is 3.66. The zero-order valence-electron chi connectivity index (χ0n) is 15.0. The number of aromatic nitrogens is 3. The van der Waals surface area contributed by atoms with Crippen molar-refractivity contribution in [3.63, 3.8) is 0 Å². The van der Waals surface area contributed by atoms with Crippen molar-refractivity contribution in [3.8, 4) is 0 Å². The van der Waals surface area contributed by atoms with Crippen LogP contribution in [0, 0.1) is 0 Å². The van der Waals surface area contributed by atoms with Gasteiger partial charge in [0, 0.05) is 32.9 Å². The first-order chi connectivity index (χ1) is 13.0. The summed E-state index contributed by atoms with van der Waals surface area (Å²) in [6.45, 7) is 0.727. The molecule has 1 aliphatic rings. The molecule has 3 aromatic rings. The van der Waals surface area contributed by atoms with Crippen LogP contribution in [0.2, 0.25) is 5.02 Å². The highest BCUT2D eigenvalue weighted by Crippen LogP contribution is 2.32. The minimum absolute atomic E-state index is 0.0123. The fourth-order valence-electron chi connectivity index (χ4n) is 3.13. The maximum atomic E-state index is 12.6. The van der Waals surface area contributed by atoms with Gasteiger partial charge in [0.05, 0.1) is 40.0 Å². The molecular weight excluding hydrogens is 364 g/mol. The molecular formula is C19H19ClN6O. The fourth-order valence-corrected chi connectivity index (χ4v) is 3.28. The molecule has 2 aromatic heterocycles. The average molecular weight is 383 g/mol. The predicted molar refractivity (Wildman–Crippen MR) is 106 cm³/mol. The van der Waals surface area contributed by atoms with Gasteiger partial charge in [-0.25, -0.2) is 4.98 Å². The van der Waals surface area contributed by atoms with Gasteiger partial charge in [-0.3, -0.25) is 9.48 Å². The van der Waals surface area contributed by atoms with E-state index in [1.54, 1.807) is 22.0 Å². The predicted octanol–water partition coefficient (Wildman–Crippen LogP) is 3.58. The van der Waals surface area contributed by atoms with Crippen molar-refractivity contribution >= 4 is 40.4 Å². The number of nitrogens with one attached hydrogen (secondary N) is 2. The Labute approximate surface area is 162 Å².